The van der Waals surface area contributed by atoms with Gasteiger partial charge in [-0.2, -0.15) is 4.68 Å². The first-order valence-corrected chi connectivity index (χ1v) is 5.66. The Morgan fingerprint density at radius 1 is 1.17 bits per heavy atom. The van der Waals surface area contributed by atoms with Gasteiger partial charge in [-0.15, -0.1) is 0 Å². The molecule has 3 N–H and O–H groups in total. The minimum Gasteiger partial charge on any atom is -0.333 e. The van der Waals surface area contributed by atoms with E-state index in [1.807, 2.05) is 26.0 Å². The molecule has 1 aromatic carbocycles. The van der Waals surface area contributed by atoms with Crippen LogP contribution >= 0.6 is 0 Å². The van der Waals surface area contributed by atoms with Crippen molar-refractivity contribution in [1.82, 2.24) is 9.66 Å². The van der Waals surface area contributed by atoms with Crippen molar-refractivity contribution in [3.63, 3.8) is 0 Å². The lowest BCUT2D eigenvalue weighted by atomic mass is 10.1. The smallest absolute Gasteiger partial charge is 0.276 e. The van der Waals surface area contributed by atoms with Crippen molar-refractivity contribution in [3.05, 3.63) is 51.4 Å². The molecule has 0 aliphatic rings. The summed E-state index contributed by atoms with van der Waals surface area (Å²) in [6.07, 6.45) is 1.51. The highest BCUT2D eigenvalue weighted by Gasteiger charge is 2.05. The number of benzene rings is 1. The SMILES string of the molecule is Cc1cc(C)cc(Nc2ncc(C)c(=O)n2N)c1. The fourth-order valence-electron chi connectivity index (χ4n) is 1.83. The Hall–Kier alpha value is -2.30. The normalized spacial score (nSPS) is 10.4. The van der Waals surface area contributed by atoms with Gasteiger partial charge in [-0.1, -0.05) is 6.07 Å². The highest BCUT2D eigenvalue weighted by molar-refractivity contribution is 5.56. The maximum atomic E-state index is 11.7. The molecule has 18 heavy (non-hydrogen) atoms. The van der Waals surface area contributed by atoms with Gasteiger partial charge >= 0.3 is 0 Å². The van der Waals surface area contributed by atoms with E-state index in [4.69, 9.17) is 5.84 Å². The number of nitrogens with two attached hydrogens (primary N) is 1. The van der Waals surface area contributed by atoms with Gasteiger partial charge in [0.05, 0.1) is 0 Å². The summed E-state index contributed by atoms with van der Waals surface area (Å²) in [6.45, 7) is 5.70. The molecule has 0 aliphatic carbocycles. The molecule has 5 nitrogen and oxygen atoms in total. The first-order chi connectivity index (χ1) is 8.47. The molecule has 1 aromatic heterocycles. The van der Waals surface area contributed by atoms with Crippen molar-refractivity contribution in [2.24, 2.45) is 0 Å². The molecule has 0 amide bonds. The summed E-state index contributed by atoms with van der Waals surface area (Å²) in [5, 5.41) is 3.05. The van der Waals surface area contributed by atoms with Crippen LogP contribution in [0.3, 0.4) is 0 Å². The third-order valence-electron chi connectivity index (χ3n) is 2.64. The number of rotatable bonds is 2. The van der Waals surface area contributed by atoms with Gasteiger partial charge in [-0.3, -0.25) is 4.79 Å². The third kappa shape index (κ3) is 2.34. The van der Waals surface area contributed by atoms with Crippen LogP contribution in [0.15, 0.2) is 29.2 Å². The number of aryl methyl sites for hydroxylation is 3. The van der Waals surface area contributed by atoms with Crippen LogP contribution in [-0.4, -0.2) is 9.66 Å². The molecule has 5 heteroatoms. The fourth-order valence-corrected chi connectivity index (χ4v) is 1.83. The van der Waals surface area contributed by atoms with Crippen LogP contribution < -0.4 is 16.7 Å². The summed E-state index contributed by atoms with van der Waals surface area (Å²) in [7, 11) is 0. The number of aromatic nitrogens is 2. The van der Waals surface area contributed by atoms with E-state index < -0.39 is 0 Å². The van der Waals surface area contributed by atoms with Crippen molar-refractivity contribution >= 4 is 11.6 Å². The second-order valence-electron chi connectivity index (χ2n) is 4.44. The molecule has 0 atom stereocenters. The van der Waals surface area contributed by atoms with Crippen molar-refractivity contribution in [2.45, 2.75) is 20.8 Å². The van der Waals surface area contributed by atoms with Gasteiger partial charge < -0.3 is 11.2 Å². The van der Waals surface area contributed by atoms with E-state index in [1.54, 1.807) is 6.92 Å². The van der Waals surface area contributed by atoms with E-state index in [9.17, 15) is 4.79 Å². The number of nitrogens with zero attached hydrogens (tertiary/aromatic N) is 2. The second-order valence-corrected chi connectivity index (χ2v) is 4.44. The van der Waals surface area contributed by atoms with Gasteiger partial charge in [0, 0.05) is 17.4 Å². The predicted octanol–water partition coefficient (Wildman–Crippen LogP) is 1.63. The zero-order valence-electron chi connectivity index (χ0n) is 10.7. The van der Waals surface area contributed by atoms with E-state index in [1.165, 1.54) is 6.20 Å². The van der Waals surface area contributed by atoms with Crippen molar-refractivity contribution in [1.29, 1.82) is 0 Å². The lowest BCUT2D eigenvalue weighted by Crippen LogP contribution is -2.31. The van der Waals surface area contributed by atoms with Crippen molar-refractivity contribution in [2.75, 3.05) is 11.2 Å². The topological polar surface area (TPSA) is 72.9 Å². The predicted molar refractivity (Wildman–Crippen MR) is 72.6 cm³/mol. The van der Waals surface area contributed by atoms with E-state index >= 15 is 0 Å². The Morgan fingerprint density at radius 3 is 2.39 bits per heavy atom. The monoisotopic (exact) mass is 244 g/mol. The Balaban J connectivity index is 2.40. The summed E-state index contributed by atoms with van der Waals surface area (Å²) in [4.78, 5) is 15.8. The molecule has 0 saturated heterocycles. The molecular weight excluding hydrogens is 228 g/mol. The summed E-state index contributed by atoms with van der Waals surface area (Å²) < 4.78 is 1.02. The largest absolute Gasteiger partial charge is 0.333 e. The van der Waals surface area contributed by atoms with Crippen molar-refractivity contribution in [3.8, 4) is 0 Å². The minimum absolute atomic E-state index is 0.253. The first kappa shape index (κ1) is 12.2. The van der Waals surface area contributed by atoms with Gasteiger partial charge in [0.25, 0.3) is 5.56 Å². The maximum absolute atomic E-state index is 11.7. The minimum atomic E-state index is -0.253. The van der Waals surface area contributed by atoms with E-state index in [0.717, 1.165) is 21.5 Å². The Bertz CT molecular complexity index is 626. The molecule has 0 unspecified atom stereocenters. The molecule has 1 heterocycles. The van der Waals surface area contributed by atoms with E-state index in [-0.39, 0.29) is 5.56 Å². The molecule has 0 fully saturated rings. The number of hydrogen-bond acceptors (Lipinski definition) is 4. The lowest BCUT2D eigenvalue weighted by Gasteiger charge is -2.11. The number of hydrogen-bond donors (Lipinski definition) is 2. The fraction of sp³-hybridized carbons (Fsp3) is 0.231. The number of nitrogens with one attached hydrogen (secondary N) is 1. The maximum Gasteiger partial charge on any atom is 0.276 e. The molecule has 0 saturated carbocycles. The number of anilines is 2. The highest BCUT2D eigenvalue weighted by Crippen LogP contribution is 2.16. The van der Waals surface area contributed by atoms with E-state index in [2.05, 4.69) is 16.4 Å². The first-order valence-electron chi connectivity index (χ1n) is 5.66. The molecule has 0 aliphatic heterocycles. The van der Waals surface area contributed by atoms with Gasteiger partial charge in [0.2, 0.25) is 5.95 Å². The van der Waals surface area contributed by atoms with Gasteiger partial charge in [0.1, 0.15) is 0 Å². The highest BCUT2D eigenvalue weighted by atomic mass is 16.1. The van der Waals surface area contributed by atoms with Crippen molar-refractivity contribution < 1.29 is 0 Å². The number of nitrogen functional groups attached to an aromatic ring is 1. The Morgan fingerprint density at radius 2 is 1.78 bits per heavy atom. The summed E-state index contributed by atoms with van der Waals surface area (Å²) in [5.41, 5.74) is 3.40. The quantitative estimate of drug-likeness (QED) is 0.787. The molecule has 0 spiro atoms. The van der Waals surface area contributed by atoms with Crippen LogP contribution in [-0.2, 0) is 0 Å². The molecule has 2 aromatic rings. The molecular formula is C13H16N4O. The van der Waals surface area contributed by atoms with Crippen LogP contribution in [0.4, 0.5) is 11.6 Å². The van der Waals surface area contributed by atoms with Crippen LogP contribution in [0.2, 0.25) is 0 Å². The zero-order valence-corrected chi connectivity index (χ0v) is 10.7. The van der Waals surface area contributed by atoms with Crippen LogP contribution in [0.5, 0.6) is 0 Å². The Labute approximate surface area is 105 Å². The molecule has 0 radical (unpaired) electrons. The summed E-state index contributed by atoms with van der Waals surface area (Å²) in [6, 6.07) is 6.02. The van der Waals surface area contributed by atoms with Crippen LogP contribution in [0.25, 0.3) is 0 Å². The standard InChI is InChI=1S/C13H16N4O/c1-8-4-9(2)6-11(5-8)16-13-15-7-10(3)12(18)17(13)14/h4-7H,14H2,1-3H3,(H,15,16). The second kappa shape index (κ2) is 4.52. The summed E-state index contributed by atoms with van der Waals surface area (Å²) >= 11 is 0. The van der Waals surface area contributed by atoms with Crippen LogP contribution in [0.1, 0.15) is 16.7 Å². The molecule has 2 rings (SSSR count). The average molecular weight is 244 g/mol. The lowest BCUT2D eigenvalue weighted by molar-refractivity contribution is 0.886. The Kier molecular flexibility index (Phi) is 3.06. The van der Waals surface area contributed by atoms with Gasteiger partial charge in [-0.05, 0) is 44.0 Å². The average Bonchev–Trinajstić information content (AvgIpc) is 2.29. The molecule has 94 valence electrons. The summed E-state index contributed by atoms with van der Waals surface area (Å²) in [5.74, 6) is 6.02. The van der Waals surface area contributed by atoms with Gasteiger partial charge in [0.15, 0.2) is 0 Å². The van der Waals surface area contributed by atoms with Crippen LogP contribution in [0, 0.1) is 20.8 Å². The van der Waals surface area contributed by atoms with Gasteiger partial charge in [-0.25, -0.2) is 4.98 Å². The zero-order chi connectivity index (χ0) is 13.3. The third-order valence-corrected chi connectivity index (χ3v) is 2.64. The van der Waals surface area contributed by atoms with E-state index in [0.29, 0.717) is 11.5 Å². The molecule has 0 bridgehead atoms.